The Balaban J connectivity index is 2.07. The molecular weight excluding hydrogens is 350 g/mol. The molecule has 1 aliphatic rings. The van der Waals surface area contributed by atoms with E-state index in [0.29, 0.717) is 13.0 Å². The predicted octanol–water partition coefficient (Wildman–Crippen LogP) is 4.98. The summed E-state index contributed by atoms with van der Waals surface area (Å²) in [6, 6.07) is 18.4. The molecule has 0 spiro atoms. The summed E-state index contributed by atoms with van der Waals surface area (Å²) < 4.78 is 11.3. The fourth-order valence-electron chi connectivity index (χ4n) is 4.11. The van der Waals surface area contributed by atoms with Gasteiger partial charge in [-0.3, -0.25) is 4.79 Å². The maximum atomic E-state index is 13.2. The average Bonchev–Trinajstić information content (AvgIpc) is 2.71. The molecule has 0 aliphatic carbocycles. The summed E-state index contributed by atoms with van der Waals surface area (Å²) in [5, 5.41) is 0. The first-order valence-electron chi connectivity index (χ1n) is 10.1. The van der Waals surface area contributed by atoms with Crippen molar-refractivity contribution in [3.8, 4) is 5.75 Å². The van der Waals surface area contributed by atoms with Gasteiger partial charge in [-0.25, -0.2) is 0 Å². The van der Waals surface area contributed by atoms with Gasteiger partial charge in [0.25, 0.3) is 0 Å². The van der Waals surface area contributed by atoms with Crippen molar-refractivity contribution in [2.24, 2.45) is 0 Å². The molecule has 1 heterocycles. The van der Waals surface area contributed by atoms with Crippen molar-refractivity contribution in [3.05, 3.63) is 65.7 Å². The molecule has 1 amide bonds. The molecule has 1 fully saturated rings. The quantitative estimate of drug-likeness (QED) is 0.708. The highest BCUT2D eigenvalue weighted by molar-refractivity contribution is 5.77. The largest absolute Gasteiger partial charge is 0.497 e. The number of amides is 1. The molecule has 0 aromatic heterocycles. The molecule has 0 unspecified atom stereocenters. The summed E-state index contributed by atoms with van der Waals surface area (Å²) in [5.74, 6) is 0.989. The molecule has 0 bridgehead atoms. The normalized spacial score (nSPS) is 19.6. The lowest BCUT2D eigenvalue weighted by molar-refractivity contribution is -0.142. The van der Waals surface area contributed by atoms with E-state index in [9.17, 15) is 4.79 Å². The highest BCUT2D eigenvalue weighted by Crippen LogP contribution is 2.37. The van der Waals surface area contributed by atoms with Crippen molar-refractivity contribution in [2.45, 2.75) is 57.7 Å². The van der Waals surface area contributed by atoms with Crippen molar-refractivity contribution >= 4 is 5.91 Å². The Labute approximate surface area is 168 Å². The van der Waals surface area contributed by atoms with Gasteiger partial charge in [-0.1, -0.05) is 49.4 Å². The Morgan fingerprint density at radius 2 is 1.79 bits per heavy atom. The van der Waals surface area contributed by atoms with Crippen molar-refractivity contribution in [1.82, 2.24) is 4.90 Å². The topological polar surface area (TPSA) is 38.8 Å². The standard InChI is InChI=1S/C24H31NO3/c1-5-22(26)25(20-15-16-28-24(2,3)17-20)23(18-9-7-6-8-10-18)19-11-13-21(27-4)14-12-19/h6-14,20,23H,5,15-17H2,1-4H3/t20-,23+/m1/s1. The second-order valence-corrected chi connectivity index (χ2v) is 8.00. The minimum Gasteiger partial charge on any atom is -0.497 e. The molecule has 1 aliphatic heterocycles. The molecule has 28 heavy (non-hydrogen) atoms. The zero-order valence-electron chi connectivity index (χ0n) is 17.4. The van der Waals surface area contributed by atoms with Gasteiger partial charge in [-0.15, -0.1) is 0 Å². The number of carbonyl (C=O) groups excluding carboxylic acids is 1. The molecule has 0 saturated carbocycles. The van der Waals surface area contributed by atoms with Gasteiger partial charge in [0.1, 0.15) is 5.75 Å². The van der Waals surface area contributed by atoms with Gasteiger partial charge in [-0.05, 0) is 49.9 Å². The number of carbonyl (C=O) groups is 1. The average molecular weight is 382 g/mol. The molecule has 4 heteroatoms. The Morgan fingerprint density at radius 3 is 2.36 bits per heavy atom. The first kappa shape index (κ1) is 20.4. The van der Waals surface area contributed by atoms with Gasteiger partial charge in [-0.2, -0.15) is 0 Å². The van der Waals surface area contributed by atoms with E-state index in [-0.39, 0.29) is 23.6 Å². The third-order valence-corrected chi connectivity index (χ3v) is 5.48. The van der Waals surface area contributed by atoms with Gasteiger partial charge in [0.15, 0.2) is 0 Å². The number of ether oxygens (including phenoxy) is 2. The van der Waals surface area contributed by atoms with E-state index in [0.717, 1.165) is 29.7 Å². The Hall–Kier alpha value is -2.33. The van der Waals surface area contributed by atoms with Crippen LogP contribution in [0.2, 0.25) is 0 Å². The van der Waals surface area contributed by atoms with E-state index in [2.05, 4.69) is 43.0 Å². The Bertz CT molecular complexity index is 770. The van der Waals surface area contributed by atoms with Crippen LogP contribution < -0.4 is 4.74 Å². The number of hydrogen-bond acceptors (Lipinski definition) is 3. The summed E-state index contributed by atoms with van der Waals surface area (Å²) in [6.07, 6.45) is 2.17. The Morgan fingerprint density at radius 1 is 1.14 bits per heavy atom. The molecule has 0 radical (unpaired) electrons. The molecule has 0 N–H and O–H groups in total. The van der Waals surface area contributed by atoms with Crippen LogP contribution in [-0.4, -0.2) is 36.2 Å². The second-order valence-electron chi connectivity index (χ2n) is 8.00. The van der Waals surface area contributed by atoms with Crippen LogP contribution in [0.15, 0.2) is 54.6 Å². The number of benzene rings is 2. The van der Waals surface area contributed by atoms with E-state index < -0.39 is 0 Å². The van der Waals surface area contributed by atoms with Crippen molar-refractivity contribution in [3.63, 3.8) is 0 Å². The fourth-order valence-corrected chi connectivity index (χ4v) is 4.11. The van der Waals surface area contributed by atoms with Gasteiger partial charge in [0, 0.05) is 19.1 Å². The van der Waals surface area contributed by atoms with Crippen molar-refractivity contribution < 1.29 is 14.3 Å². The fraction of sp³-hybridized carbons (Fsp3) is 0.458. The summed E-state index contributed by atoms with van der Waals surface area (Å²) in [6.45, 7) is 6.84. The molecule has 2 aromatic rings. The van der Waals surface area contributed by atoms with Crippen LogP contribution in [0.25, 0.3) is 0 Å². The number of nitrogens with zero attached hydrogens (tertiary/aromatic N) is 1. The molecule has 150 valence electrons. The molecular formula is C24H31NO3. The number of hydrogen-bond donors (Lipinski definition) is 0. The first-order chi connectivity index (χ1) is 13.4. The first-order valence-corrected chi connectivity index (χ1v) is 10.1. The maximum absolute atomic E-state index is 13.2. The van der Waals surface area contributed by atoms with Crippen LogP contribution in [0.1, 0.15) is 57.2 Å². The van der Waals surface area contributed by atoms with Crippen LogP contribution in [0, 0.1) is 0 Å². The summed E-state index contributed by atoms with van der Waals surface area (Å²) >= 11 is 0. The van der Waals surface area contributed by atoms with Crippen molar-refractivity contribution in [2.75, 3.05) is 13.7 Å². The van der Waals surface area contributed by atoms with E-state index >= 15 is 0 Å². The van der Waals surface area contributed by atoms with Crippen LogP contribution in [0.3, 0.4) is 0 Å². The smallest absolute Gasteiger partial charge is 0.223 e. The van der Waals surface area contributed by atoms with Crippen LogP contribution >= 0.6 is 0 Å². The highest BCUT2D eigenvalue weighted by Gasteiger charge is 2.38. The van der Waals surface area contributed by atoms with Gasteiger partial charge in [0.2, 0.25) is 5.91 Å². The van der Waals surface area contributed by atoms with Crippen molar-refractivity contribution in [1.29, 1.82) is 0 Å². The summed E-state index contributed by atoms with van der Waals surface area (Å²) in [4.78, 5) is 15.3. The van der Waals surface area contributed by atoms with Gasteiger partial charge >= 0.3 is 0 Å². The maximum Gasteiger partial charge on any atom is 0.223 e. The predicted molar refractivity (Wildman–Crippen MR) is 111 cm³/mol. The van der Waals surface area contributed by atoms with Crippen LogP contribution in [0.5, 0.6) is 5.75 Å². The monoisotopic (exact) mass is 381 g/mol. The van der Waals surface area contributed by atoms with E-state index in [1.165, 1.54) is 0 Å². The molecule has 3 rings (SSSR count). The lowest BCUT2D eigenvalue weighted by atomic mass is 9.88. The third-order valence-electron chi connectivity index (χ3n) is 5.48. The van der Waals surface area contributed by atoms with E-state index in [1.54, 1.807) is 7.11 Å². The number of rotatable bonds is 6. The minimum absolute atomic E-state index is 0.126. The number of methoxy groups -OCH3 is 1. The summed E-state index contributed by atoms with van der Waals surface area (Å²) in [7, 11) is 1.67. The molecule has 4 nitrogen and oxygen atoms in total. The Kier molecular flexibility index (Phi) is 6.40. The van der Waals surface area contributed by atoms with Crippen LogP contribution in [-0.2, 0) is 9.53 Å². The van der Waals surface area contributed by atoms with Crippen LogP contribution in [0.4, 0.5) is 0 Å². The summed E-state index contributed by atoms with van der Waals surface area (Å²) in [5.41, 5.74) is 1.99. The molecule has 2 aromatic carbocycles. The zero-order valence-corrected chi connectivity index (χ0v) is 17.4. The van der Waals surface area contributed by atoms with Gasteiger partial charge < -0.3 is 14.4 Å². The zero-order chi connectivity index (χ0) is 20.1. The minimum atomic E-state index is -0.226. The van der Waals surface area contributed by atoms with E-state index in [1.807, 2.05) is 37.3 Å². The highest BCUT2D eigenvalue weighted by atomic mass is 16.5. The molecule has 1 saturated heterocycles. The van der Waals surface area contributed by atoms with Gasteiger partial charge in [0.05, 0.1) is 18.8 Å². The third kappa shape index (κ3) is 4.56. The second kappa shape index (κ2) is 8.78. The lowest BCUT2D eigenvalue weighted by Gasteiger charge is -2.45. The lowest BCUT2D eigenvalue weighted by Crippen LogP contribution is -2.50. The molecule has 2 atom stereocenters. The SMILES string of the molecule is CCC(=O)N([C@@H]1CCOC(C)(C)C1)[C@@H](c1ccccc1)c1ccc(OC)cc1. The van der Waals surface area contributed by atoms with E-state index in [4.69, 9.17) is 9.47 Å².